The molecule has 20 heavy (non-hydrogen) atoms. The van der Waals surface area contributed by atoms with E-state index in [4.69, 9.17) is 14.2 Å². The second kappa shape index (κ2) is 8.22. The van der Waals surface area contributed by atoms with Crippen LogP contribution in [0.3, 0.4) is 0 Å². The molecule has 0 spiro atoms. The van der Waals surface area contributed by atoms with Gasteiger partial charge in [-0.1, -0.05) is 13.8 Å². The molecule has 0 aromatic heterocycles. The summed E-state index contributed by atoms with van der Waals surface area (Å²) in [6, 6.07) is 0. The van der Waals surface area contributed by atoms with Crippen molar-refractivity contribution in [3.63, 3.8) is 0 Å². The number of rotatable bonds is 6. The fourth-order valence-electron chi connectivity index (χ4n) is 2.08. The molecule has 6 heteroatoms. The first-order valence-electron chi connectivity index (χ1n) is 7.07. The van der Waals surface area contributed by atoms with Crippen molar-refractivity contribution < 1.29 is 24.1 Å². The minimum absolute atomic E-state index is 0.0293. The van der Waals surface area contributed by atoms with Crippen molar-refractivity contribution in [2.24, 2.45) is 0 Å². The standard InChI is InChI=1S/C14H26O5S/c1-8(2)18-14-11(16)6-13(20-9(3)4)12(19-14)7-17-10(5)15/h8-9,11-14,16H,6-7H2,1-5H3/t11-,12+,13+,14-/m0/s1. The lowest BCUT2D eigenvalue weighted by Crippen LogP contribution is -2.50. The van der Waals surface area contributed by atoms with E-state index in [0.29, 0.717) is 11.7 Å². The van der Waals surface area contributed by atoms with Crippen LogP contribution in [0.4, 0.5) is 0 Å². The quantitative estimate of drug-likeness (QED) is 0.757. The molecule has 0 unspecified atom stereocenters. The normalized spacial score (nSPS) is 30.8. The van der Waals surface area contributed by atoms with Crippen LogP contribution in [0, 0.1) is 0 Å². The highest BCUT2D eigenvalue weighted by atomic mass is 32.2. The van der Waals surface area contributed by atoms with E-state index >= 15 is 0 Å². The second-order valence-corrected chi connectivity index (χ2v) is 7.38. The zero-order valence-corrected chi connectivity index (χ0v) is 13.7. The number of hydrogen-bond donors (Lipinski definition) is 1. The van der Waals surface area contributed by atoms with Crippen LogP contribution in [0.1, 0.15) is 41.0 Å². The van der Waals surface area contributed by atoms with Gasteiger partial charge < -0.3 is 19.3 Å². The Bertz CT molecular complexity index is 308. The van der Waals surface area contributed by atoms with Gasteiger partial charge in [0.25, 0.3) is 0 Å². The summed E-state index contributed by atoms with van der Waals surface area (Å²) < 4.78 is 16.4. The Hall–Kier alpha value is -0.300. The average molecular weight is 306 g/mol. The average Bonchev–Trinajstić information content (AvgIpc) is 2.29. The van der Waals surface area contributed by atoms with E-state index in [2.05, 4.69) is 13.8 Å². The SMILES string of the molecule is CC(=O)OC[C@H]1O[C@H](OC(C)C)[C@@H](O)C[C@H]1SC(C)C. The molecular formula is C14H26O5S. The summed E-state index contributed by atoms with van der Waals surface area (Å²) in [5, 5.41) is 10.6. The van der Waals surface area contributed by atoms with Crippen LogP contribution in [0.25, 0.3) is 0 Å². The lowest BCUT2D eigenvalue weighted by atomic mass is 10.1. The zero-order chi connectivity index (χ0) is 15.3. The first kappa shape index (κ1) is 17.8. The number of ether oxygens (including phenoxy) is 3. The molecule has 1 saturated heterocycles. The van der Waals surface area contributed by atoms with Gasteiger partial charge in [0.05, 0.1) is 6.10 Å². The fourth-order valence-corrected chi connectivity index (χ4v) is 3.41. The predicted octanol–water partition coefficient (Wildman–Crippen LogP) is 1.96. The van der Waals surface area contributed by atoms with Gasteiger partial charge in [0, 0.05) is 12.2 Å². The zero-order valence-electron chi connectivity index (χ0n) is 12.9. The molecular weight excluding hydrogens is 280 g/mol. The molecule has 0 aromatic rings. The van der Waals surface area contributed by atoms with Crippen LogP contribution >= 0.6 is 11.8 Å². The van der Waals surface area contributed by atoms with Crippen LogP contribution in [0.2, 0.25) is 0 Å². The number of aliphatic hydroxyl groups excluding tert-OH is 1. The van der Waals surface area contributed by atoms with Crippen molar-refractivity contribution in [3.8, 4) is 0 Å². The van der Waals surface area contributed by atoms with Crippen LogP contribution < -0.4 is 0 Å². The summed E-state index contributed by atoms with van der Waals surface area (Å²) in [7, 11) is 0. The summed E-state index contributed by atoms with van der Waals surface area (Å²) in [5.74, 6) is -0.325. The van der Waals surface area contributed by atoms with Gasteiger partial charge in [-0.2, -0.15) is 11.8 Å². The van der Waals surface area contributed by atoms with Crippen molar-refractivity contribution >= 4 is 17.7 Å². The minimum Gasteiger partial charge on any atom is -0.463 e. The topological polar surface area (TPSA) is 65.0 Å². The predicted molar refractivity (Wildman–Crippen MR) is 78.7 cm³/mol. The minimum atomic E-state index is -0.653. The van der Waals surface area contributed by atoms with Crippen LogP contribution in [-0.4, -0.2) is 52.8 Å². The van der Waals surface area contributed by atoms with E-state index < -0.39 is 12.4 Å². The molecule has 4 atom stereocenters. The molecule has 0 bridgehead atoms. The van der Waals surface area contributed by atoms with Gasteiger partial charge in [0.15, 0.2) is 6.29 Å². The molecule has 1 aliphatic heterocycles. The number of carbonyl (C=O) groups is 1. The summed E-state index contributed by atoms with van der Waals surface area (Å²) >= 11 is 1.73. The van der Waals surface area contributed by atoms with Gasteiger partial charge in [-0.05, 0) is 25.5 Å². The molecule has 0 amide bonds. The van der Waals surface area contributed by atoms with Gasteiger partial charge in [0.2, 0.25) is 0 Å². The maximum atomic E-state index is 11.0. The third-order valence-electron chi connectivity index (χ3n) is 2.82. The largest absolute Gasteiger partial charge is 0.463 e. The van der Waals surface area contributed by atoms with Gasteiger partial charge in [0.1, 0.15) is 18.8 Å². The summed E-state index contributed by atoms with van der Waals surface area (Å²) in [6.45, 7) is 9.56. The molecule has 0 aromatic carbocycles. The first-order chi connectivity index (χ1) is 9.29. The van der Waals surface area contributed by atoms with E-state index in [1.54, 1.807) is 11.8 Å². The Morgan fingerprint density at radius 3 is 2.55 bits per heavy atom. The molecule has 118 valence electrons. The van der Waals surface area contributed by atoms with Gasteiger partial charge in [-0.3, -0.25) is 4.79 Å². The molecule has 1 fully saturated rings. The van der Waals surface area contributed by atoms with Crippen LogP contribution in [0.15, 0.2) is 0 Å². The Balaban J connectivity index is 2.67. The summed E-state index contributed by atoms with van der Waals surface area (Å²) in [6.07, 6.45) is -1.01. The van der Waals surface area contributed by atoms with Crippen LogP contribution in [-0.2, 0) is 19.0 Å². The molecule has 0 radical (unpaired) electrons. The number of carbonyl (C=O) groups excluding carboxylic acids is 1. The van der Waals surface area contributed by atoms with Crippen molar-refractivity contribution in [2.45, 2.75) is 76.1 Å². The maximum Gasteiger partial charge on any atom is 0.302 e. The molecule has 1 heterocycles. The highest BCUT2D eigenvalue weighted by Gasteiger charge is 2.39. The fraction of sp³-hybridized carbons (Fsp3) is 0.929. The molecule has 0 saturated carbocycles. The van der Waals surface area contributed by atoms with Gasteiger partial charge >= 0.3 is 5.97 Å². The van der Waals surface area contributed by atoms with E-state index in [1.807, 2.05) is 13.8 Å². The van der Waals surface area contributed by atoms with Crippen molar-refractivity contribution in [3.05, 3.63) is 0 Å². The summed E-state index contributed by atoms with van der Waals surface area (Å²) in [5.41, 5.74) is 0. The number of aliphatic hydroxyl groups is 1. The van der Waals surface area contributed by atoms with E-state index in [1.165, 1.54) is 6.92 Å². The van der Waals surface area contributed by atoms with E-state index in [-0.39, 0.29) is 30.0 Å². The van der Waals surface area contributed by atoms with Crippen molar-refractivity contribution in [1.82, 2.24) is 0 Å². The number of thioether (sulfide) groups is 1. The second-order valence-electron chi connectivity index (χ2n) is 5.56. The number of hydrogen-bond acceptors (Lipinski definition) is 6. The van der Waals surface area contributed by atoms with E-state index in [9.17, 15) is 9.90 Å². The van der Waals surface area contributed by atoms with Crippen molar-refractivity contribution in [1.29, 1.82) is 0 Å². The Morgan fingerprint density at radius 1 is 1.40 bits per heavy atom. The Kier molecular flexibility index (Phi) is 7.29. The lowest BCUT2D eigenvalue weighted by Gasteiger charge is -2.39. The smallest absolute Gasteiger partial charge is 0.302 e. The molecule has 5 nitrogen and oxygen atoms in total. The molecule has 1 rings (SSSR count). The highest BCUT2D eigenvalue weighted by molar-refractivity contribution is 8.00. The monoisotopic (exact) mass is 306 g/mol. The highest BCUT2D eigenvalue weighted by Crippen LogP contribution is 2.33. The van der Waals surface area contributed by atoms with Crippen LogP contribution in [0.5, 0.6) is 0 Å². The third-order valence-corrected chi connectivity index (χ3v) is 4.21. The Labute approximate surface area is 125 Å². The Morgan fingerprint density at radius 2 is 2.05 bits per heavy atom. The molecule has 0 aliphatic carbocycles. The first-order valence-corrected chi connectivity index (χ1v) is 8.01. The number of esters is 1. The molecule has 1 aliphatic rings. The maximum absolute atomic E-state index is 11.0. The van der Waals surface area contributed by atoms with Gasteiger partial charge in [-0.25, -0.2) is 0 Å². The van der Waals surface area contributed by atoms with E-state index in [0.717, 1.165) is 0 Å². The lowest BCUT2D eigenvalue weighted by molar-refractivity contribution is -0.255. The van der Waals surface area contributed by atoms with Crippen molar-refractivity contribution in [2.75, 3.05) is 6.61 Å². The molecule has 1 N–H and O–H groups in total. The third kappa shape index (κ3) is 5.99. The van der Waals surface area contributed by atoms with Gasteiger partial charge in [-0.15, -0.1) is 0 Å². The summed E-state index contributed by atoms with van der Waals surface area (Å²) in [4.78, 5) is 11.0.